The van der Waals surface area contributed by atoms with Gasteiger partial charge in [0, 0.05) is 25.3 Å². The van der Waals surface area contributed by atoms with Gasteiger partial charge in [-0.05, 0) is 87.1 Å². The van der Waals surface area contributed by atoms with Gasteiger partial charge in [-0.15, -0.1) is 0 Å². The van der Waals surface area contributed by atoms with E-state index in [2.05, 4.69) is 45.2 Å². The third-order valence-electron chi connectivity index (χ3n) is 6.94. The minimum atomic E-state index is -1.86. The van der Waals surface area contributed by atoms with Crippen LogP contribution in [0.3, 0.4) is 0 Å². The van der Waals surface area contributed by atoms with Crippen molar-refractivity contribution in [2.24, 2.45) is 0 Å². The van der Waals surface area contributed by atoms with Crippen molar-refractivity contribution in [2.45, 2.75) is 6.54 Å². The molecular weight excluding hydrogens is 809 g/mol. The Morgan fingerprint density at radius 3 is 1.89 bits per heavy atom. The van der Waals surface area contributed by atoms with Crippen molar-refractivity contribution in [3.05, 3.63) is 108 Å². The summed E-state index contributed by atoms with van der Waals surface area (Å²) >= 11 is 4.23. The largest absolute Gasteiger partial charge is 0.495 e. The van der Waals surface area contributed by atoms with Gasteiger partial charge in [-0.2, -0.15) is 0 Å². The van der Waals surface area contributed by atoms with E-state index in [1.54, 1.807) is 22.9 Å². The molecule has 44 heavy (non-hydrogen) atoms. The molecule has 226 valence electrons. The third kappa shape index (κ3) is 6.22. The van der Waals surface area contributed by atoms with Gasteiger partial charge in [0.1, 0.15) is 22.6 Å². The lowest BCUT2D eigenvalue weighted by Gasteiger charge is -2.41. The van der Waals surface area contributed by atoms with Crippen molar-refractivity contribution in [1.29, 1.82) is 0 Å². The van der Waals surface area contributed by atoms with Crippen LogP contribution < -0.4 is 13.9 Å². The van der Waals surface area contributed by atoms with Crippen LogP contribution in [0.25, 0.3) is 11.1 Å². The second-order valence-electron chi connectivity index (χ2n) is 9.58. The summed E-state index contributed by atoms with van der Waals surface area (Å²) in [4.78, 5) is 40.1. The van der Waals surface area contributed by atoms with E-state index in [1.807, 2.05) is 72.4 Å². The number of hydrogen-bond acceptors (Lipinski definition) is 8. The van der Waals surface area contributed by atoms with E-state index in [1.165, 1.54) is 21.3 Å². The molecule has 0 saturated carbocycles. The van der Waals surface area contributed by atoms with Crippen molar-refractivity contribution in [1.82, 2.24) is 4.67 Å². The molecule has 0 saturated heterocycles. The van der Waals surface area contributed by atoms with Crippen molar-refractivity contribution >= 4 is 77.2 Å². The normalized spacial score (nSPS) is 14.1. The second-order valence-corrected chi connectivity index (χ2v) is 13.8. The fourth-order valence-electron chi connectivity index (χ4n) is 4.92. The first-order valence-corrected chi connectivity index (χ1v) is 16.5. The van der Waals surface area contributed by atoms with Crippen molar-refractivity contribution in [2.75, 3.05) is 33.0 Å². The molecule has 0 fully saturated rings. The van der Waals surface area contributed by atoms with Crippen LogP contribution in [0.1, 0.15) is 36.6 Å². The number of halogens is 2. The molecule has 5 rings (SSSR count). The second kappa shape index (κ2) is 13.7. The molecule has 1 aliphatic rings. The maximum atomic E-state index is 14.0. The maximum Gasteiger partial charge on any atom is 0.341 e. The fourth-order valence-corrected chi connectivity index (χ4v) is 7.97. The predicted octanol–water partition coefficient (Wildman–Crippen LogP) is 7.54. The number of fused-ring (bicyclic) bond motifs is 1. The van der Waals surface area contributed by atoms with E-state index in [0.29, 0.717) is 22.4 Å². The first-order valence-electron chi connectivity index (χ1n) is 13.2. The van der Waals surface area contributed by atoms with Gasteiger partial charge in [0.25, 0.3) is 5.91 Å². The Kier molecular flexibility index (Phi) is 9.96. The number of ether oxygens (including phenoxy) is 3. The van der Waals surface area contributed by atoms with Gasteiger partial charge < -0.3 is 23.4 Å². The number of methoxy groups -OCH3 is 3. The lowest BCUT2D eigenvalue weighted by Crippen LogP contribution is -2.38. The Labute approximate surface area is 283 Å². The highest BCUT2D eigenvalue weighted by molar-refractivity contribution is 14.1. The molecule has 0 aliphatic carbocycles. The number of esters is 2. The molecule has 0 spiro atoms. The van der Waals surface area contributed by atoms with Crippen LogP contribution in [0.15, 0.2) is 78.9 Å². The van der Waals surface area contributed by atoms with Crippen LogP contribution in [-0.2, 0) is 16.0 Å². The maximum absolute atomic E-state index is 14.0. The zero-order valence-electron chi connectivity index (χ0n) is 24.2. The first-order chi connectivity index (χ1) is 21.2. The van der Waals surface area contributed by atoms with E-state index in [-0.39, 0.29) is 35.1 Å². The van der Waals surface area contributed by atoms with E-state index >= 15 is 0 Å². The fraction of sp³-hybridized carbons (Fsp3) is 0.156. The SMILES string of the molecule is COC(=O)c1cc(I)cc(-c2cc(I)cc(C(=O)OC)c2OP2N(Cc3ccccc3)C(=O)c3ccccc3N2C)c1OC. The molecule has 1 aliphatic heterocycles. The number of nitrogens with zero attached hydrogens (tertiary/aromatic N) is 2. The molecule has 0 N–H and O–H groups in total. The minimum Gasteiger partial charge on any atom is -0.495 e. The standard InChI is InChI=1S/C32H27I2N2O7P/c1-35-27-13-9-8-12-22(27)30(37)36(18-19-10-6-5-7-11-19)44(35)43-29-24(15-21(34)17-26(29)32(39)42-4)23-14-20(33)16-25(28(23)40-2)31(38)41-3/h5-17H,18H2,1-4H3. The molecule has 0 aromatic heterocycles. The summed E-state index contributed by atoms with van der Waals surface area (Å²) in [6.45, 7) is 0.274. The van der Waals surface area contributed by atoms with Crippen LogP contribution in [-0.4, -0.2) is 50.9 Å². The lowest BCUT2D eigenvalue weighted by molar-refractivity contribution is 0.0588. The van der Waals surface area contributed by atoms with Gasteiger partial charge in [-0.3, -0.25) is 9.46 Å². The summed E-state index contributed by atoms with van der Waals surface area (Å²) in [6, 6.07) is 24.0. The Morgan fingerprint density at radius 1 is 0.750 bits per heavy atom. The van der Waals surface area contributed by atoms with Crippen LogP contribution in [0.2, 0.25) is 0 Å². The third-order valence-corrected chi connectivity index (χ3v) is 10.00. The summed E-state index contributed by atoms with van der Waals surface area (Å²) in [5.74, 6) is -0.937. The first kappa shape index (κ1) is 32.0. The molecule has 0 radical (unpaired) electrons. The van der Waals surface area contributed by atoms with E-state index in [0.717, 1.165) is 12.7 Å². The van der Waals surface area contributed by atoms with E-state index in [4.69, 9.17) is 18.7 Å². The Morgan fingerprint density at radius 2 is 1.30 bits per heavy atom. The topological polar surface area (TPSA) is 94.6 Å². The highest BCUT2D eigenvalue weighted by atomic mass is 127. The quantitative estimate of drug-likeness (QED) is 0.102. The molecule has 0 bridgehead atoms. The Hall–Kier alpha value is -3.42. The Bertz CT molecular complexity index is 1750. The number of benzene rings is 4. The summed E-state index contributed by atoms with van der Waals surface area (Å²) in [5.41, 5.74) is 3.55. The van der Waals surface area contributed by atoms with Gasteiger partial charge in [0.2, 0.25) is 0 Å². The van der Waals surface area contributed by atoms with Crippen LogP contribution in [0.4, 0.5) is 5.69 Å². The van der Waals surface area contributed by atoms with E-state index in [9.17, 15) is 14.4 Å². The number of para-hydroxylation sites is 1. The molecule has 4 aromatic rings. The molecular formula is C32H27I2N2O7P. The monoisotopic (exact) mass is 836 g/mol. The number of amides is 1. The zero-order valence-corrected chi connectivity index (χ0v) is 29.4. The average molecular weight is 836 g/mol. The average Bonchev–Trinajstić information content (AvgIpc) is 3.04. The number of carbonyl (C=O) groups is 3. The smallest absolute Gasteiger partial charge is 0.341 e. The molecule has 1 unspecified atom stereocenters. The molecule has 1 atom stereocenters. The number of hydrogen-bond donors (Lipinski definition) is 0. The van der Waals surface area contributed by atoms with Crippen LogP contribution in [0, 0.1) is 7.14 Å². The highest BCUT2D eigenvalue weighted by Gasteiger charge is 2.40. The van der Waals surface area contributed by atoms with Crippen molar-refractivity contribution < 1.29 is 33.1 Å². The minimum absolute atomic E-state index is 0.164. The molecule has 1 heterocycles. The predicted molar refractivity (Wildman–Crippen MR) is 185 cm³/mol. The summed E-state index contributed by atoms with van der Waals surface area (Å²) in [6.07, 6.45) is 0. The lowest BCUT2D eigenvalue weighted by atomic mass is 9.98. The number of rotatable bonds is 8. The van der Waals surface area contributed by atoms with Gasteiger partial charge in [0.15, 0.2) is 0 Å². The summed E-state index contributed by atoms with van der Waals surface area (Å²) < 4.78 is 27.9. The summed E-state index contributed by atoms with van der Waals surface area (Å²) in [7, 11) is 4.07. The van der Waals surface area contributed by atoms with Gasteiger partial charge in [-0.25, -0.2) is 9.59 Å². The van der Waals surface area contributed by atoms with Gasteiger partial charge >= 0.3 is 20.4 Å². The molecule has 12 heteroatoms. The molecule has 1 amide bonds. The van der Waals surface area contributed by atoms with Crippen LogP contribution in [0.5, 0.6) is 11.5 Å². The van der Waals surface area contributed by atoms with Crippen molar-refractivity contribution in [3.8, 4) is 22.6 Å². The van der Waals surface area contributed by atoms with Gasteiger partial charge in [0.05, 0.1) is 39.1 Å². The number of carbonyl (C=O) groups excluding carboxylic acids is 3. The summed E-state index contributed by atoms with van der Waals surface area (Å²) in [5, 5.41) is 0. The number of anilines is 1. The zero-order chi connectivity index (χ0) is 31.5. The van der Waals surface area contributed by atoms with Gasteiger partial charge in [-0.1, -0.05) is 42.5 Å². The van der Waals surface area contributed by atoms with Crippen LogP contribution >= 0.6 is 53.6 Å². The molecule has 9 nitrogen and oxygen atoms in total. The molecule has 4 aromatic carbocycles. The van der Waals surface area contributed by atoms with E-state index < -0.39 is 20.4 Å². The Balaban J connectivity index is 1.75. The highest BCUT2D eigenvalue weighted by Crippen LogP contribution is 2.56. The van der Waals surface area contributed by atoms with Crippen molar-refractivity contribution in [3.63, 3.8) is 0 Å².